The molecule has 0 spiro atoms. The number of para-hydroxylation sites is 2. The normalized spacial score (nSPS) is 10.8. The van der Waals surface area contributed by atoms with Gasteiger partial charge in [0.15, 0.2) is 5.58 Å². The van der Waals surface area contributed by atoms with Crippen LogP contribution in [0.25, 0.3) is 28.4 Å². The van der Waals surface area contributed by atoms with Crippen molar-refractivity contribution in [1.82, 2.24) is 14.8 Å². The number of aromatic amines is 1. The second-order valence-electron chi connectivity index (χ2n) is 5.96. The largest absolute Gasteiger partial charge is 0.497 e. The van der Waals surface area contributed by atoms with Crippen molar-refractivity contribution >= 4 is 11.1 Å². The van der Waals surface area contributed by atoms with E-state index in [2.05, 4.69) is 16.2 Å². The number of aromatic nitrogens is 3. The van der Waals surface area contributed by atoms with Gasteiger partial charge >= 0.3 is 6.01 Å². The number of benzene rings is 2. The summed E-state index contributed by atoms with van der Waals surface area (Å²) in [5, 5.41) is 12.0. The van der Waals surface area contributed by atoms with Gasteiger partial charge in [0, 0.05) is 17.5 Å². The van der Waals surface area contributed by atoms with Gasteiger partial charge in [-0.15, -0.1) is 0 Å². The summed E-state index contributed by atoms with van der Waals surface area (Å²) in [4.78, 5) is 17.3. The Labute approximate surface area is 154 Å². The van der Waals surface area contributed by atoms with E-state index < -0.39 is 0 Å². The number of nitriles is 1. The first-order valence-corrected chi connectivity index (χ1v) is 8.42. The molecule has 134 valence electrons. The molecule has 27 heavy (non-hydrogen) atoms. The maximum absolute atomic E-state index is 13.0. The summed E-state index contributed by atoms with van der Waals surface area (Å²) in [7, 11) is 1.60. The third-order valence-electron chi connectivity index (χ3n) is 4.33. The predicted octanol–water partition coefficient (Wildman–Crippen LogP) is 3.44. The fourth-order valence-corrected chi connectivity index (χ4v) is 2.97. The molecule has 4 aromatic rings. The molecule has 2 aromatic heterocycles. The zero-order valence-electron chi connectivity index (χ0n) is 14.6. The minimum absolute atomic E-state index is 0.166. The highest BCUT2D eigenvalue weighted by atomic mass is 16.5. The van der Waals surface area contributed by atoms with Crippen molar-refractivity contribution in [3.05, 3.63) is 64.4 Å². The number of fused-ring (bicyclic) bond motifs is 1. The van der Waals surface area contributed by atoms with Crippen LogP contribution in [-0.4, -0.2) is 21.9 Å². The minimum Gasteiger partial charge on any atom is -0.497 e. The molecule has 0 saturated carbocycles. The number of oxazole rings is 1. The number of rotatable bonds is 5. The summed E-state index contributed by atoms with van der Waals surface area (Å²) < 4.78 is 12.2. The molecule has 0 aliphatic rings. The summed E-state index contributed by atoms with van der Waals surface area (Å²) in [6.07, 6.45) is 0.574. The summed E-state index contributed by atoms with van der Waals surface area (Å²) >= 11 is 0. The summed E-state index contributed by atoms with van der Waals surface area (Å²) in [6, 6.07) is 16.9. The van der Waals surface area contributed by atoms with E-state index >= 15 is 0 Å². The molecule has 2 heterocycles. The lowest BCUT2D eigenvalue weighted by Gasteiger charge is -2.03. The van der Waals surface area contributed by atoms with Crippen molar-refractivity contribution < 1.29 is 9.15 Å². The van der Waals surface area contributed by atoms with Crippen LogP contribution in [-0.2, 0) is 6.42 Å². The first-order valence-electron chi connectivity index (χ1n) is 8.42. The van der Waals surface area contributed by atoms with Gasteiger partial charge in [0.1, 0.15) is 11.3 Å². The predicted molar refractivity (Wildman–Crippen MR) is 99.9 cm³/mol. The highest BCUT2D eigenvalue weighted by molar-refractivity contribution is 5.73. The van der Waals surface area contributed by atoms with Crippen molar-refractivity contribution in [2.75, 3.05) is 7.11 Å². The molecule has 7 heteroatoms. The van der Waals surface area contributed by atoms with Gasteiger partial charge in [-0.05, 0) is 42.8 Å². The minimum atomic E-state index is -0.275. The highest BCUT2D eigenvalue weighted by Crippen LogP contribution is 2.25. The lowest BCUT2D eigenvalue weighted by atomic mass is 10.0. The quantitative estimate of drug-likeness (QED) is 0.588. The van der Waals surface area contributed by atoms with Crippen LogP contribution >= 0.6 is 0 Å². The monoisotopic (exact) mass is 360 g/mol. The molecule has 0 bridgehead atoms. The fourth-order valence-electron chi connectivity index (χ4n) is 2.97. The molecule has 7 nitrogen and oxygen atoms in total. The number of ether oxygens (including phenoxy) is 1. The van der Waals surface area contributed by atoms with E-state index in [1.807, 2.05) is 42.5 Å². The lowest BCUT2D eigenvalue weighted by Crippen LogP contribution is -2.17. The fraction of sp³-hybridized carbons (Fsp3) is 0.150. The summed E-state index contributed by atoms with van der Waals surface area (Å²) in [6.45, 7) is 0. The maximum atomic E-state index is 13.0. The van der Waals surface area contributed by atoms with Crippen LogP contribution in [0.15, 0.2) is 57.7 Å². The van der Waals surface area contributed by atoms with Gasteiger partial charge in [-0.25, -0.2) is 0 Å². The molecule has 0 amide bonds. The number of hydrogen-bond acceptors (Lipinski definition) is 5. The van der Waals surface area contributed by atoms with Crippen molar-refractivity contribution in [3.63, 3.8) is 0 Å². The van der Waals surface area contributed by atoms with Crippen LogP contribution in [0.5, 0.6) is 5.75 Å². The number of H-pyrrole nitrogens is 1. The SMILES string of the molecule is COc1ccc(-c2[nH]n(-c3nc4ccccc4o3)c(=O)c2CCC#N)cc1. The summed E-state index contributed by atoms with van der Waals surface area (Å²) in [5.74, 6) is 0.720. The molecule has 4 rings (SSSR count). The Morgan fingerprint density at radius 3 is 2.70 bits per heavy atom. The Balaban J connectivity index is 1.86. The first kappa shape index (κ1) is 16.7. The van der Waals surface area contributed by atoms with Gasteiger partial charge in [0.25, 0.3) is 5.56 Å². The van der Waals surface area contributed by atoms with Gasteiger partial charge in [0.05, 0.1) is 18.9 Å². The zero-order chi connectivity index (χ0) is 18.8. The Kier molecular flexibility index (Phi) is 4.22. The molecule has 0 unspecified atom stereocenters. The third kappa shape index (κ3) is 2.98. The Hall–Kier alpha value is -3.79. The Morgan fingerprint density at radius 2 is 2.00 bits per heavy atom. The van der Waals surface area contributed by atoms with Crippen LogP contribution in [0, 0.1) is 11.3 Å². The zero-order valence-corrected chi connectivity index (χ0v) is 14.6. The lowest BCUT2D eigenvalue weighted by molar-refractivity contribution is 0.415. The van der Waals surface area contributed by atoms with Crippen LogP contribution in [0.2, 0.25) is 0 Å². The Bertz CT molecular complexity index is 1160. The van der Waals surface area contributed by atoms with Crippen LogP contribution < -0.4 is 10.3 Å². The molecular formula is C20H16N4O3. The van der Waals surface area contributed by atoms with Gasteiger partial charge in [-0.2, -0.15) is 14.9 Å². The van der Waals surface area contributed by atoms with Gasteiger partial charge in [-0.3, -0.25) is 9.89 Å². The standard InChI is InChI=1S/C20H16N4O3/c1-26-14-10-8-13(9-11-14)18-15(5-4-12-21)19(25)24(23-18)20-22-16-6-2-3-7-17(16)27-20/h2-3,6-11,23H,4-5H2,1H3. The molecule has 0 saturated heterocycles. The van der Waals surface area contributed by atoms with Gasteiger partial charge < -0.3 is 9.15 Å². The smallest absolute Gasteiger partial charge is 0.325 e. The summed E-state index contributed by atoms with van der Waals surface area (Å²) in [5.41, 5.74) is 2.96. The van der Waals surface area contributed by atoms with Crippen molar-refractivity contribution in [1.29, 1.82) is 5.26 Å². The van der Waals surface area contributed by atoms with Crippen molar-refractivity contribution in [3.8, 4) is 29.1 Å². The first-order chi connectivity index (χ1) is 13.2. The van der Waals surface area contributed by atoms with E-state index in [0.717, 1.165) is 11.3 Å². The van der Waals surface area contributed by atoms with E-state index in [-0.39, 0.29) is 18.0 Å². The Morgan fingerprint density at radius 1 is 1.22 bits per heavy atom. The molecule has 2 aromatic carbocycles. The molecule has 0 aliphatic carbocycles. The van der Waals surface area contributed by atoms with E-state index in [9.17, 15) is 4.79 Å². The average Bonchev–Trinajstić information content (AvgIpc) is 3.27. The second kappa shape index (κ2) is 6.84. The number of methoxy groups -OCH3 is 1. The molecule has 1 N–H and O–H groups in total. The van der Waals surface area contributed by atoms with Crippen molar-refractivity contribution in [2.45, 2.75) is 12.8 Å². The van der Waals surface area contributed by atoms with E-state index in [1.54, 1.807) is 13.2 Å². The number of hydrogen-bond donors (Lipinski definition) is 1. The molecule has 0 aliphatic heterocycles. The van der Waals surface area contributed by atoms with Gasteiger partial charge in [0.2, 0.25) is 0 Å². The number of nitrogens with zero attached hydrogens (tertiary/aromatic N) is 3. The van der Waals surface area contributed by atoms with Crippen molar-refractivity contribution in [2.24, 2.45) is 0 Å². The van der Waals surface area contributed by atoms with Crippen LogP contribution in [0.1, 0.15) is 12.0 Å². The third-order valence-corrected chi connectivity index (χ3v) is 4.33. The van der Waals surface area contributed by atoms with E-state index in [4.69, 9.17) is 14.4 Å². The van der Waals surface area contributed by atoms with Gasteiger partial charge in [-0.1, -0.05) is 12.1 Å². The molecule has 0 atom stereocenters. The van der Waals surface area contributed by atoms with Crippen LogP contribution in [0.3, 0.4) is 0 Å². The molecule has 0 radical (unpaired) electrons. The second-order valence-corrected chi connectivity index (χ2v) is 5.96. The average molecular weight is 360 g/mol. The van der Waals surface area contributed by atoms with E-state index in [1.165, 1.54) is 4.68 Å². The number of nitrogens with one attached hydrogen (secondary N) is 1. The molecular weight excluding hydrogens is 344 g/mol. The topological polar surface area (TPSA) is 96.8 Å². The van der Waals surface area contributed by atoms with E-state index in [0.29, 0.717) is 28.8 Å². The van der Waals surface area contributed by atoms with Crippen LogP contribution in [0.4, 0.5) is 0 Å². The highest BCUT2D eigenvalue weighted by Gasteiger charge is 2.19. The maximum Gasteiger partial charge on any atom is 0.325 e. The molecule has 0 fully saturated rings.